The number of amides is 1. The molecule has 0 unspecified atom stereocenters. The molecule has 3 rings (SSSR count). The maximum atomic E-state index is 11.8. The van der Waals surface area contributed by atoms with Crippen molar-refractivity contribution in [3.05, 3.63) is 48.2 Å². The van der Waals surface area contributed by atoms with Gasteiger partial charge in [0.25, 0.3) is 0 Å². The monoisotopic (exact) mass is 270 g/mol. The normalized spacial score (nSPS) is 20.6. The molecule has 2 heterocycles. The quantitative estimate of drug-likeness (QED) is 0.906. The van der Waals surface area contributed by atoms with Gasteiger partial charge in [0.2, 0.25) is 5.91 Å². The molecule has 1 aliphatic carbocycles. The summed E-state index contributed by atoms with van der Waals surface area (Å²) in [5.41, 5.74) is 0.775. The van der Waals surface area contributed by atoms with Crippen LogP contribution in [0.4, 0.5) is 5.69 Å². The minimum absolute atomic E-state index is 0.00561. The van der Waals surface area contributed by atoms with E-state index in [4.69, 9.17) is 4.42 Å². The Balaban J connectivity index is 1.49. The minimum atomic E-state index is -0.00561. The topological polar surface area (TPSA) is 55.1 Å². The van der Waals surface area contributed by atoms with Crippen LogP contribution in [0.15, 0.2) is 41.1 Å². The number of hydrogen-bond acceptors (Lipinski definition) is 3. The van der Waals surface area contributed by atoms with Crippen molar-refractivity contribution in [1.82, 2.24) is 4.98 Å². The Hall–Kier alpha value is -2.10. The van der Waals surface area contributed by atoms with E-state index in [0.717, 1.165) is 23.1 Å². The first-order valence-corrected chi connectivity index (χ1v) is 7.01. The van der Waals surface area contributed by atoms with Gasteiger partial charge in [0.05, 0.1) is 0 Å². The van der Waals surface area contributed by atoms with Crippen molar-refractivity contribution in [1.29, 1.82) is 0 Å². The van der Waals surface area contributed by atoms with Gasteiger partial charge in [0.1, 0.15) is 11.5 Å². The summed E-state index contributed by atoms with van der Waals surface area (Å²) in [6, 6.07) is 7.58. The van der Waals surface area contributed by atoms with E-state index in [2.05, 4.69) is 17.2 Å². The Morgan fingerprint density at radius 2 is 2.10 bits per heavy atom. The molecule has 1 aliphatic rings. The van der Waals surface area contributed by atoms with Gasteiger partial charge in [-0.1, -0.05) is 6.92 Å². The van der Waals surface area contributed by atoms with Crippen LogP contribution in [-0.4, -0.2) is 10.9 Å². The van der Waals surface area contributed by atoms with Crippen LogP contribution in [-0.2, 0) is 11.2 Å². The van der Waals surface area contributed by atoms with E-state index in [9.17, 15) is 4.79 Å². The highest BCUT2D eigenvalue weighted by atomic mass is 16.3. The maximum absolute atomic E-state index is 11.8. The fourth-order valence-electron chi connectivity index (χ4n) is 2.34. The van der Waals surface area contributed by atoms with Gasteiger partial charge in [-0.15, -0.1) is 0 Å². The largest absolute Gasteiger partial charge is 0.466 e. The van der Waals surface area contributed by atoms with E-state index in [0.29, 0.717) is 18.8 Å². The molecule has 104 valence electrons. The first-order chi connectivity index (χ1) is 9.72. The molecule has 0 aliphatic heterocycles. The fraction of sp³-hybridized carbons (Fsp3) is 0.375. The van der Waals surface area contributed by atoms with Crippen LogP contribution in [0, 0.1) is 5.92 Å². The van der Waals surface area contributed by atoms with E-state index in [1.54, 1.807) is 24.5 Å². The van der Waals surface area contributed by atoms with Crippen LogP contribution in [0.3, 0.4) is 0 Å². The minimum Gasteiger partial charge on any atom is -0.466 e. The average molecular weight is 270 g/mol. The number of nitrogens with one attached hydrogen (secondary N) is 1. The number of aromatic nitrogens is 1. The lowest BCUT2D eigenvalue weighted by Crippen LogP contribution is -2.12. The first-order valence-electron chi connectivity index (χ1n) is 7.01. The Bertz CT molecular complexity index is 592. The maximum Gasteiger partial charge on any atom is 0.224 e. The van der Waals surface area contributed by atoms with Gasteiger partial charge in [-0.2, -0.15) is 0 Å². The lowest BCUT2D eigenvalue weighted by Gasteiger charge is -2.03. The van der Waals surface area contributed by atoms with E-state index in [1.807, 2.05) is 12.1 Å². The summed E-state index contributed by atoms with van der Waals surface area (Å²) in [6.07, 6.45) is 5.60. The molecule has 0 bridgehead atoms. The number of hydrogen-bond donors (Lipinski definition) is 1. The van der Waals surface area contributed by atoms with Gasteiger partial charge in [0, 0.05) is 36.8 Å². The molecule has 1 saturated carbocycles. The number of anilines is 1. The molecule has 0 spiro atoms. The van der Waals surface area contributed by atoms with Crippen LogP contribution in [0.1, 0.15) is 37.2 Å². The summed E-state index contributed by atoms with van der Waals surface area (Å²) in [6.45, 7) is 2.23. The van der Waals surface area contributed by atoms with Gasteiger partial charge < -0.3 is 9.73 Å². The number of aryl methyl sites for hydroxylation is 1. The molecule has 0 radical (unpaired) electrons. The molecule has 20 heavy (non-hydrogen) atoms. The van der Waals surface area contributed by atoms with Crippen LogP contribution < -0.4 is 5.32 Å². The van der Waals surface area contributed by atoms with E-state index in [-0.39, 0.29) is 5.91 Å². The van der Waals surface area contributed by atoms with Gasteiger partial charge in [-0.25, -0.2) is 0 Å². The van der Waals surface area contributed by atoms with Gasteiger partial charge in [-0.3, -0.25) is 9.78 Å². The van der Waals surface area contributed by atoms with E-state index in [1.165, 1.54) is 6.42 Å². The molecule has 2 aromatic heterocycles. The second-order valence-electron chi connectivity index (χ2n) is 5.41. The van der Waals surface area contributed by atoms with Crippen LogP contribution in [0.2, 0.25) is 0 Å². The summed E-state index contributed by atoms with van der Waals surface area (Å²) in [7, 11) is 0. The number of carbonyl (C=O) groups excluding carboxylic acids is 1. The van der Waals surface area contributed by atoms with Crippen LogP contribution in [0.25, 0.3) is 0 Å². The van der Waals surface area contributed by atoms with Crippen molar-refractivity contribution in [3.8, 4) is 0 Å². The van der Waals surface area contributed by atoms with Crippen LogP contribution in [0.5, 0.6) is 0 Å². The lowest BCUT2D eigenvalue weighted by atomic mass is 10.2. The second-order valence-corrected chi connectivity index (χ2v) is 5.41. The van der Waals surface area contributed by atoms with Crippen molar-refractivity contribution in [3.63, 3.8) is 0 Å². The van der Waals surface area contributed by atoms with Crippen molar-refractivity contribution in [2.45, 2.75) is 32.1 Å². The summed E-state index contributed by atoms with van der Waals surface area (Å²) in [5.74, 6) is 3.29. The van der Waals surface area contributed by atoms with E-state index < -0.39 is 0 Å². The Morgan fingerprint density at radius 3 is 2.80 bits per heavy atom. The van der Waals surface area contributed by atoms with Crippen molar-refractivity contribution < 1.29 is 9.21 Å². The predicted molar refractivity (Wildman–Crippen MR) is 76.4 cm³/mol. The average Bonchev–Trinajstić information content (AvgIpc) is 3.01. The molecule has 1 fully saturated rings. The van der Waals surface area contributed by atoms with Gasteiger partial charge in [0.15, 0.2) is 0 Å². The smallest absolute Gasteiger partial charge is 0.224 e. The van der Waals surface area contributed by atoms with Gasteiger partial charge in [-0.05, 0) is 36.6 Å². The molecule has 4 heteroatoms. The summed E-state index contributed by atoms with van der Waals surface area (Å²) in [4.78, 5) is 15.7. The Labute approximate surface area is 118 Å². The zero-order valence-electron chi connectivity index (χ0n) is 11.5. The predicted octanol–water partition coefficient (Wildman–Crippen LogP) is 3.37. The molecular weight excluding hydrogens is 252 g/mol. The molecule has 1 N–H and O–H groups in total. The summed E-state index contributed by atoms with van der Waals surface area (Å²) in [5, 5.41) is 2.84. The number of nitrogens with zero attached hydrogens (tertiary/aromatic N) is 1. The number of pyridine rings is 1. The zero-order valence-corrected chi connectivity index (χ0v) is 11.5. The highest BCUT2D eigenvalue weighted by molar-refractivity contribution is 5.90. The van der Waals surface area contributed by atoms with Gasteiger partial charge >= 0.3 is 0 Å². The third-order valence-electron chi connectivity index (χ3n) is 3.72. The molecule has 4 nitrogen and oxygen atoms in total. The van der Waals surface area contributed by atoms with Crippen molar-refractivity contribution in [2.24, 2.45) is 5.92 Å². The first kappa shape index (κ1) is 12.9. The second kappa shape index (κ2) is 5.49. The molecule has 0 aromatic carbocycles. The molecule has 2 atom stereocenters. The fourth-order valence-corrected chi connectivity index (χ4v) is 2.34. The Kier molecular flexibility index (Phi) is 3.54. The number of carbonyl (C=O) groups is 1. The van der Waals surface area contributed by atoms with Crippen molar-refractivity contribution >= 4 is 11.6 Å². The number of furan rings is 1. The molecular formula is C16H18N2O2. The molecule has 1 amide bonds. The SMILES string of the molecule is C[C@H]1C[C@@H]1c1ccc(CCC(=O)Nc2ccncc2)o1. The molecule has 2 aromatic rings. The number of rotatable bonds is 5. The summed E-state index contributed by atoms with van der Waals surface area (Å²) >= 11 is 0. The Morgan fingerprint density at radius 1 is 1.35 bits per heavy atom. The summed E-state index contributed by atoms with van der Waals surface area (Å²) < 4.78 is 5.79. The van der Waals surface area contributed by atoms with E-state index >= 15 is 0 Å². The van der Waals surface area contributed by atoms with Crippen LogP contribution >= 0.6 is 0 Å². The highest BCUT2D eigenvalue weighted by Crippen LogP contribution is 2.47. The standard InChI is InChI=1S/C16H18N2O2/c1-11-10-14(11)15-4-2-13(20-15)3-5-16(19)18-12-6-8-17-9-7-12/h2,4,6-9,11,14H,3,5,10H2,1H3,(H,17,18,19)/t11-,14-/m0/s1. The van der Waals surface area contributed by atoms with Crippen molar-refractivity contribution in [2.75, 3.05) is 5.32 Å². The lowest BCUT2D eigenvalue weighted by molar-refractivity contribution is -0.116. The third kappa shape index (κ3) is 3.07. The highest BCUT2D eigenvalue weighted by Gasteiger charge is 2.36. The third-order valence-corrected chi connectivity index (χ3v) is 3.72. The molecule has 0 saturated heterocycles. The zero-order chi connectivity index (χ0) is 13.9.